The number of hydrogen-bond donors (Lipinski definition) is 2. The first-order valence-corrected chi connectivity index (χ1v) is 8.61. The van der Waals surface area contributed by atoms with Gasteiger partial charge in [0.2, 0.25) is 0 Å². The lowest BCUT2D eigenvalue weighted by molar-refractivity contribution is -0.264. The van der Waals surface area contributed by atoms with Crippen LogP contribution in [0.3, 0.4) is 0 Å². The van der Waals surface area contributed by atoms with E-state index in [0.29, 0.717) is 0 Å². The summed E-state index contributed by atoms with van der Waals surface area (Å²) in [6.07, 6.45) is -6.28. The fraction of sp³-hybridized carbons (Fsp3) is 0.765. The Morgan fingerprint density at radius 3 is 1.96 bits per heavy atom. The molecule has 0 aromatic heterocycles. The molecule has 0 aromatic rings. The van der Waals surface area contributed by atoms with Crippen LogP contribution in [0.1, 0.15) is 41.5 Å². The van der Waals surface area contributed by atoms with Gasteiger partial charge in [-0.15, -0.1) is 0 Å². The van der Waals surface area contributed by atoms with Gasteiger partial charge in [0.15, 0.2) is 18.5 Å². The minimum atomic E-state index is -1.66. The number of carbonyl (C=O) groups is 4. The third-order valence-corrected chi connectivity index (χ3v) is 3.40. The fourth-order valence-corrected chi connectivity index (χ4v) is 2.52. The van der Waals surface area contributed by atoms with Crippen LogP contribution in [-0.2, 0) is 38.1 Å². The summed E-state index contributed by atoms with van der Waals surface area (Å²) in [5.41, 5.74) is -0.825. The number of esters is 3. The van der Waals surface area contributed by atoms with E-state index in [9.17, 15) is 24.3 Å². The minimum absolute atomic E-state index is 0.374. The summed E-state index contributed by atoms with van der Waals surface area (Å²) in [5, 5.41) is 12.7. The summed E-state index contributed by atoms with van der Waals surface area (Å²) in [6, 6.07) is -1.31. The van der Waals surface area contributed by atoms with Crippen LogP contribution in [0.25, 0.3) is 0 Å². The summed E-state index contributed by atoms with van der Waals surface area (Å²) < 4.78 is 25.7. The first-order valence-electron chi connectivity index (χ1n) is 8.61. The summed E-state index contributed by atoms with van der Waals surface area (Å²) >= 11 is 0. The van der Waals surface area contributed by atoms with Crippen molar-refractivity contribution in [3.05, 3.63) is 0 Å². The molecule has 1 rings (SSSR count). The highest BCUT2D eigenvalue weighted by atomic mass is 16.7. The van der Waals surface area contributed by atoms with E-state index >= 15 is 0 Å². The number of rotatable bonds is 5. The highest BCUT2D eigenvalue weighted by Crippen LogP contribution is 2.26. The number of alkyl carbamates (subject to hydrolysis) is 1. The molecule has 0 saturated carbocycles. The molecular formula is C17H27NO10. The quantitative estimate of drug-likeness (QED) is 0.474. The third kappa shape index (κ3) is 7.69. The molecular weight excluding hydrogens is 378 g/mol. The maximum Gasteiger partial charge on any atom is 0.408 e. The lowest BCUT2D eigenvalue weighted by Crippen LogP contribution is -2.66. The molecule has 11 heteroatoms. The summed E-state index contributed by atoms with van der Waals surface area (Å²) in [7, 11) is 0. The van der Waals surface area contributed by atoms with Crippen LogP contribution < -0.4 is 5.32 Å². The average Bonchev–Trinajstić information content (AvgIpc) is 2.49. The molecule has 1 heterocycles. The Balaban J connectivity index is 3.12. The smallest absolute Gasteiger partial charge is 0.408 e. The Kier molecular flexibility index (Phi) is 8.18. The second-order valence-corrected chi connectivity index (χ2v) is 7.19. The van der Waals surface area contributed by atoms with Gasteiger partial charge in [0.25, 0.3) is 0 Å². The standard InChI is InChI=1S/C17H27NO10/c1-8(19)24-7-11-13(25-9(2)20)14(26-10(3)21)12(15(22)27-11)18-16(23)28-17(4,5)6/h11-15,22H,7H2,1-6H3,(H,18,23)/t11?,12?,13-,14?,15-/m1/s1. The Morgan fingerprint density at radius 1 is 0.964 bits per heavy atom. The first kappa shape index (κ1) is 23.6. The number of carbonyl (C=O) groups excluding carboxylic acids is 4. The van der Waals surface area contributed by atoms with Crippen molar-refractivity contribution >= 4 is 24.0 Å². The largest absolute Gasteiger partial charge is 0.463 e. The maximum absolute atomic E-state index is 12.1. The Labute approximate surface area is 162 Å². The highest BCUT2D eigenvalue weighted by Gasteiger charge is 2.50. The van der Waals surface area contributed by atoms with Crippen LogP contribution in [0.4, 0.5) is 4.79 Å². The highest BCUT2D eigenvalue weighted by molar-refractivity contribution is 5.70. The van der Waals surface area contributed by atoms with Gasteiger partial charge in [0.1, 0.15) is 24.4 Å². The Hall–Kier alpha value is -2.40. The Bertz CT molecular complexity index is 599. The molecule has 0 aliphatic carbocycles. The minimum Gasteiger partial charge on any atom is -0.463 e. The predicted octanol–water partition coefficient (Wildman–Crippen LogP) is 0.0234. The molecule has 1 saturated heterocycles. The number of hydrogen-bond acceptors (Lipinski definition) is 10. The van der Waals surface area contributed by atoms with Gasteiger partial charge in [0.05, 0.1) is 0 Å². The number of aliphatic hydroxyl groups excluding tert-OH is 1. The van der Waals surface area contributed by atoms with Crippen molar-refractivity contribution in [1.82, 2.24) is 5.32 Å². The van der Waals surface area contributed by atoms with Gasteiger partial charge in [0, 0.05) is 20.8 Å². The molecule has 2 N–H and O–H groups in total. The van der Waals surface area contributed by atoms with E-state index in [1.54, 1.807) is 20.8 Å². The van der Waals surface area contributed by atoms with E-state index in [-0.39, 0.29) is 6.61 Å². The lowest BCUT2D eigenvalue weighted by atomic mass is 9.96. The van der Waals surface area contributed by atoms with E-state index in [1.807, 2.05) is 0 Å². The number of ether oxygens (including phenoxy) is 5. The van der Waals surface area contributed by atoms with Crippen molar-refractivity contribution in [3.63, 3.8) is 0 Å². The van der Waals surface area contributed by atoms with E-state index in [0.717, 1.165) is 20.8 Å². The van der Waals surface area contributed by atoms with Crippen molar-refractivity contribution in [3.8, 4) is 0 Å². The van der Waals surface area contributed by atoms with Gasteiger partial charge >= 0.3 is 24.0 Å². The summed E-state index contributed by atoms with van der Waals surface area (Å²) in [5.74, 6) is -2.11. The fourth-order valence-electron chi connectivity index (χ4n) is 2.52. The van der Waals surface area contributed by atoms with Crippen molar-refractivity contribution in [2.75, 3.05) is 6.61 Å². The summed E-state index contributed by atoms with van der Waals surface area (Å²) in [6.45, 7) is 7.94. The van der Waals surface area contributed by atoms with Crippen LogP contribution in [0.2, 0.25) is 0 Å². The zero-order valence-corrected chi connectivity index (χ0v) is 16.7. The molecule has 0 aromatic carbocycles. The molecule has 28 heavy (non-hydrogen) atoms. The third-order valence-electron chi connectivity index (χ3n) is 3.40. The molecule has 1 amide bonds. The maximum atomic E-state index is 12.1. The molecule has 0 radical (unpaired) electrons. The van der Waals surface area contributed by atoms with E-state index < -0.39 is 60.2 Å². The second-order valence-electron chi connectivity index (χ2n) is 7.19. The van der Waals surface area contributed by atoms with Crippen molar-refractivity contribution < 1.29 is 48.0 Å². The van der Waals surface area contributed by atoms with Gasteiger partial charge in [-0.3, -0.25) is 14.4 Å². The molecule has 1 fully saturated rings. The SMILES string of the molecule is CC(=O)OCC1O[C@@H](O)C(NC(=O)OC(C)(C)C)C(OC(C)=O)[C@@H]1OC(C)=O. The Morgan fingerprint density at radius 2 is 1.50 bits per heavy atom. The van der Waals surface area contributed by atoms with Crippen LogP contribution in [0, 0.1) is 0 Å². The van der Waals surface area contributed by atoms with Crippen LogP contribution in [0.5, 0.6) is 0 Å². The molecule has 1 aliphatic rings. The number of aliphatic hydroxyl groups is 1. The van der Waals surface area contributed by atoms with Crippen LogP contribution >= 0.6 is 0 Å². The molecule has 1 aliphatic heterocycles. The van der Waals surface area contributed by atoms with E-state index in [4.69, 9.17) is 23.7 Å². The van der Waals surface area contributed by atoms with Crippen molar-refractivity contribution in [2.45, 2.75) is 77.8 Å². The number of nitrogens with one attached hydrogen (secondary N) is 1. The predicted molar refractivity (Wildman–Crippen MR) is 91.8 cm³/mol. The van der Waals surface area contributed by atoms with Gasteiger partial charge < -0.3 is 34.1 Å². The molecule has 5 atom stereocenters. The monoisotopic (exact) mass is 405 g/mol. The molecule has 0 bridgehead atoms. The van der Waals surface area contributed by atoms with Gasteiger partial charge in [-0.1, -0.05) is 0 Å². The van der Waals surface area contributed by atoms with Crippen LogP contribution in [-0.4, -0.2) is 72.0 Å². The van der Waals surface area contributed by atoms with Gasteiger partial charge in [-0.05, 0) is 20.8 Å². The molecule has 0 spiro atoms. The zero-order valence-electron chi connectivity index (χ0n) is 16.7. The van der Waals surface area contributed by atoms with Crippen molar-refractivity contribution in [2.24, 2.45) is 0 Å². The zero-order chi connectivity index (χ0) is 21.6. The molecule has 3 unspecified atom stereocenters. The van der Waals surface area contributed by atoms with Gasteiger partial charge in [-0.25, -0.2) is 4.79 Å². The lowest BCUT2D eigenvalue weighted by Gasteiger charge is -2.43. The normalized spacial score (nSPS) is 27.3. The topological polar surface area (TPSA) is 147 Å². The van der Waals surface area contributed by atoms with E-state index in [1.165, 1.54) is 0 Å². The van der Waals surface area contributed by atoms with Crippen molar-refractivity contribution in [1.29, 1.82) is 0 Å². The first-order chi connectivity index (χ1) is 12.8. The number of amides is 1. The van der Waals surface area contributed by atoms with E-state index in [2.05, 4.69) is 5.32 Å². The second kappa shape index (κ2) is 9.69. The molecule has 11 nitrogen and oxygen atoms in total. The molecule has 160 valence electrons. The van der Waals surface area contributed by atoms with Crippen LogP contribution in [0.15, 0.2) is 0 Å². The summed E-state index contributed by atoms with van der Waals surface area (Å²) in [4.78, 5) is 46.3. The average molecular weight is 405 g/mol. The van der Waals surface area contributed by atoms with Gasteiger partial charge in [-0.2, -0.15) is 0 Å².